The average molecular weight is 593 g/mol. The van der Waals surface area contributed by atoms with Gasteiger partial charge >= 0.3 is 0 Å². The monoisotopic (exact) mass is 592 g/mol. The van der Waals surface area contributed by atoms with Gasteiger partial charge in [0.05, 0.1) is 5.70 Å². The van der Waals surface area contributed by atoms with Crippen LogP contribution in [0, 0.1) is 20.8 Å². The molecule has 7 nitrogen and oxygen atoms in total. The van der Waals surface area contributed by atoms with Crippen LogP contribution in [0.4, 0.5) is 0 Å². The standard InChI is InChI=1S/C24H29ClN4O3.C8H10.C2H6/c1-17-2-4-18(5-3-17)23(31)28-12-10-27(11-13-28)20-8-9-29(15-20)24(32)21-7-6-19(25)14-22(21)26-16-30;1-7-3-5-8(2)6-4-7;1-2/h2-5,14,16,20H,6-13,15H2,1H3,(H,26,30);3-6H,1-2H3;1-2H3. The van der Waals surface area contributed by atoms with Gasteiger partial charge in [-0.2, -0.15) is 0 Å². The number of likely N-dealkylation sites (tertiary alicyclic amines) is 1. The van der Waals surface area contributed by atoms with Crippen LogP contribution in [0.2, 0.25) is 0 Å². The first-order valence-electron chi connectivity index (χ1n) is 15.0. The van der Waals surface area contributed by atoms with Gasteiger partial charge in [-0.15, -0.1) is 0 Å². The lowest BCUT2D eigenvalue weighted by Crippen LogP contribution is -2.52. The number of carbonyl (C=O) groups is 3. The molecule has 5 rings (SSSR count). The van der Waals surface area contributed by atoms with Crippen LogP contribution >= 0.6 is 11.6 Å². The number of allylic oxidation sites excluding steroid dienone is 2. The van der Waals surface area contributed by atoms with E-state index in [1.165, 1.54) is 11.1 Å². The van der Waals surface area contributed by atoms with Crippen LogP contribution in [0.5, 0.6) is 0 Å². The molecule has 42 heavy (non-hydrogen) atoms. The zero-order chi connectivity index (χ0) is 30.6. The van der Waals surface area contributed by atoms with Crippen molar-refractivity contribution in [1.29, 1.82) is 0 Å². The number of aryl methyl sites for hydroxylation is 3. The molecule has 3 amide bonds. The first-order valence-corrected chi connectivity index (χ1v) is 15.3. The summed E-state index contributed by atoms with van der Waals surface area (Å²) in [6, 6.07) is 16.5. The average Bonchev–Trinajstić information content (AvgIpc) is 3.51. The van der Waals surface area contributed by atoms with Crippen LogP contribution in [-0.2, 0) is 9.59 Å². The Morgan fingerprint density at radius 1 is 0.786 bits per heavy atom. The number of hydrogen-bond donors (Lipinski definition) is 1. The van der Waals surface area contributed by atoms with Crippen LogP contribution in [0.3, 0.4) is 0 Å². The second-order valence-electron chi connectivity index (χ2n) is 10.8. The maximum Gasteiger partial charge on any atom is 0.253 e. The molecule has 0 radical (unpaired) electrons. The van der Waals surface area contributed by atoms with Gasteiger partial charge in [0, 0.05) is 61.5 Å². The molecule has 0 spiro atoms. The molecule has 2 aromatic carbocycles. The van der Waals surface area contributed by atoms with Crippen molar-refractivity contribution in [3.05, 3.63) is 93.2 Å². The van der Waals surface area contributed by atoms with Gasteiger partial charge in [0.25, 0.3) is 11.8 Å². The normalized spacial score (nSPS) is 18.7. The highest BCUT2D eigenvalue weighted by Crippen LogP contribution is 2.28. The topological polar surface area (TPSA) is 73.0 Å². The maximum absolute atomic E-state index is 13.1. The van der Waals surface area contributed by atoms with Crippen molar-refractivity contribution in [3.63, 3.8) is 0 Å². The minimum Gasteiger partial charge on any atom is -0.337 e. The fourth-order valence-electron chi connectivity index (χ4n) is 5.33. The number of hydrogen-bond acceptors (Lipinski definition) is 4. The largest absolute Gasteiger partial charge is 0.337 e. The molecule has 0 aromatic heterocycles. The van der Waals surface area contributed by atoms with E-state index in [2.05, 4.69) is 48.3 Å². The number of nitrogens with one attached hydrogen (secondary N) is 1. The minimum absolute atomic E-state index is 0.0227. The lowest BCUT2D eigenvalue weighted by molar-refractivity contribution is -0.126. The summed E-state index contributed by atoms with van der Waals surface area (Å²) in [6.07, 6.45) is 4.31. The van der Waals surface area contributed by atoms with Crippen molar-refractivity contribution in [1.82, 2.24) is 20.0 Å². The quantitative estimate of drug-likeness (QED) is 0.459. The molecule has 0 bridgehead atoms. The Morgan fingerprint density at radius 3 is 1.88 bits per heavy atom. The summed E-state index contributed by atoms with van der Waals surface area (Å²) < 4.78 is 0. The van der Waals surface area contributed by atoms with Crippen molar-refractivity contribution in [2.75, 3.05) is 39.3 Å². The van der Waals surface area contributed by atoms with E-state index in [9.17, 15) is 14.4 Å². The highest BCUT2D eigenvalue weighted by Gasteiger charge is 2.34. The number of rotatable bonds is 5. The maximum atomic E-state index is 13.1. The van der Waals surface area contributed by atoms with Gasteiger partial charge < -0.3 is 15.1 Å². The number of benzene rings is 2. The van der Waals surface area contributed by atoms with Gasteiger partial charge in [-0.25, -0.2) is 0 Å². The number of nitrogens with zero attached hydrogens (tertiary/aromatic N) is 3. The Morgan fingerprint density at radius 2 is 1.33 bits per heavy atom. The molecule has 2 aliphatic heterocycles. The molecule has 1 unspecified atom stereocenters. The van der Waals surface area contributed by atoms with Gasteiger partial charge in [-0.3, -0.25) is 19.3 Å². The third kappa shape index (κ3) is 9.04. The van der Waals surface area contributed by atoms with Gasteiger partial charge in [-0.1, -0.05) is 78.5 Å². The van der Waals surface area contributed by atoms with E-state index >= 15 is 0 Å². The number of halogens is 1. The predicted molar refractivity (Wildman–Crippen MR) is 170 cm³/mol. The third-order valence-corrected chi connectivity index (χ3v) is 8.10. The summed E-state index contributed by atoms with van der Waals surface area (Å²) >= 11 is 6.09. The molecule has 2 heterocycles. The SMILES string of the molecule is CC.Cc1ccc(C(=O)N2CCN(C3CCN(C(=O)C4=C(NC=O)C=C(Cl)CC4)C3)CC2)cc1.Cc1ccc(C)cc1. The van der Waals surface area contributed by atoms with Crippen LogP contribution < -0.4 is 5.32 Å². The summed E-state index contributed by atoms with van der Waals surface area (Å²) in [7, 11) is 0. The van der Waals surface area contributed by atoms with E-state index in [1.807, 2.05) is 54.8 Å². The minimum atomic E-state index is -0.0227. The first kappa shape index (κ1) is 33.1. The van der Waals surface area contributed by atoms with Crippen molar-refractivity contribution in [2.24, 2.45) is 0 Å². The molecule has 0 saturated carbocycles. The van der Waals surface area contributed by atoms with E-state index in [0.717, 1.165) is 30.6 Å². The number of piperazine rings is 1. The van der Waals surface area contributed by atoms with E-state index in [4.69, 9.17) is 11.6 Å². The Bertz CT molecular complexity index is 1240. The molecule has 1 aliphatic carbocycles. The van der Waals surface area contributed by atoms with Crippen molar-refractivity contribution in [2.45, 2.75) is 59.9 Å². The molecule has 2 aromatic rings. The van der Waals surface area contributed by atoms with E-state index in [1.54, 1.807) is 6.08 Å². The summed E-state index contributed by atoms with van der Waals surface area (Å²) in [5, 5.41) is 3.26. The Kier molecular flexibility index (Phi) is 12.8. The second kappa shape index (κ2) is 16.3. The Hall–Kier alpha value is -3.42. The molecule has 2 saturated heterocycles. The summed E-state index contributed by atoms with van der Waals surface area (Å²) in [6.45, 7) is 14.6. The molecule has 1 N–H and O–H groups in total. The third-order valence-electron chi connectivity index (χ3n) is 7.80. The van der Waals surface area contributed by atoms with Gasteiger partial charge in [0.15, 0.2) is 0 Å². The van der Waals surface area contributed by atoms with Gasteiger partial charge in [-0.05, 0) is 58.2 Å². The molecule has 226 valence electrons. The van der Waals surface area contributed by atoms with E-state index < -0.39 is 0 Å². The predicted octanol–water partition coefficient (Wildman–Crippen LogP) is 5.60. The van der Waals surface area contributed by atoms with Crippen molar-refractivity contribution < 1.29 is 14.4 Å². The summed E-state index contributed by atoms with van der Waals surface area (Å²) in [4.78, 5) is 43.0. The fraction of sp³-hybridized carbons (Fsp3) is 0.441. The second-order valence-corrected chi connectivity index (χ2v) is 11.3. The lowest BCUT2D eigenvalue weighted by atomic mass is 10.0. The molecule has 3 aliphatic rings. The molecular weight excluding hydrogens is 548 g/mol. The van der Waals surface area contributed by atoms with Crippen molar-refractivity contribution in [3.8, 4) is 0 Å². The van der Waals surface area contributed by atoms with E-state index in [-0.39, 0.29) is 11.8 Å². The van der Waals surface area contributed by atoms with Crippen molar-refractivity contribution >= 4 is 29.8 Å². The lowest BCUT2D eigenvalue weighted by Gasteiger charge is -2.38. The Balaban J connectivity index is 0.000000414. The molecule has 2 fully saturated rings. The van der Waals surface area contributed by atoms with Crippen LogP contribution in [0.15, 0.2) is 70.9 Å². The molecule has 1 atom stereocenters. The molecular formula is C34H45ClN4O3. The van der Waals surface area contributed by atoms with E-state index in [0.29, 0.717) is 67.8 Å². The van der Waals surface area contributed by atoms with Crippen LogP contribution in [0.25, 0.3) is 0 Å². The van der Waals surface area contributed by atoms with Gasteiger partial charge in [0.2, 0.25) is 6.41 Å². The number of amides is 3. The summed E-state index contributed by atoms with van der Waals surface area (Å²) in [5.74, 6) is 0.0597. The zero-order valence-electron chi connectivity index (χ0n) is 25.7. The number of carbonyl (C=O) groups excluding carboxylic acids is 3. The van der Waals surface area contributed by atoms with Crippen LogP contribution in [0.1, 0.15) is 60.2 Å². The molecule has 8 heteroatoms. The highest BCUT2D eigenvalue weighted by molar-refractivity contribution is 6.30. The zero-order valence-corrected chi connectivity index (χ0v) is 26.4. The summed E-state index contributed by atoms with van der Waals surface area (Å²) in [5.41, 5.74) is 5.66. The highest BCUT2D eigenvalue weighted by atomic mass is 35.5. The Labute approximate surface area is 256 Å². The van der Waals surface area contributed by atoms with Gasteiger partial charge in [0.1, 0.15) is 0 Å². The fourth-order valence-corrected chi connectivity index (χ4v) is 5.53. The first-order chi connectivity index (χ1) is 20.2. The van der Waals surface area contributed by atoms with Crippen LogP contribution in [-0.4, -0.2) is 78.2 Å². The smallest absolute Gasteiger partial charge is 0.253 e.